The van der Waals surface area contributed by atoms with Gasteiger partial charge in [0.05, 0.1) is 185 Å². The molecule has 0 amide bonds. The number of hydrogen-bond donors (Lipinski definition) is 28. The van der Waals surface area contributed by atoms with E-state index in [2.05, 4.69) is 50.5 Å². The van der Waals surface area contributed by atoms with Gasteiger partial charge >= 0.3 is 23.9 Å². The smallest absolute Gasteiger partial charge is 0.304 e. The number of thiol groups is 4. The van der Waals surface area contributed by atoms with Gasteiger partial charge in [-0.15, -0.1) is 0 Å². The number of rotatable bonds is 28. The highest BCUT2D eigenvalue weighted by molar-refractivity contribution is 7.81. The molecule has 0 rings (SSSR count). The number of carboxylic acids is 4. The van der Waals surface area contributed by atoms with Crippen LogP contribution in [0.25, 0.3) is 0 Å². The van der Waals surface area contributed by atoms with Crippen molar-refractivity contribution in [1.29, 1.82) is 0 Å². The van der Waals surface area contributed by atoms with Gasteiger partial charge in [-0.3, -0.25) is 19.2 Å². The number of aliphatic hydroxyl groups is 20. The average molecular weight is 1160 g/mol. The van der Waals surface area contributed by atoms with Crippen LogP contribution in [0, 0.1) is 27.1 Å². The van der Waals surface area contributed by atoms with Gasteiger partial charge in [0.1, 0.15) is 0 Å². The van der Waals surface area contributed by atoms with Crippen LogP contribution in [0.1, 0.15) is 53.4 Å². The second-order valence-electron chi connectivity index (χ2n) is 16.4. The monoisotopic (exact) mass is 1160 g/mol. The molecule has 0 heterocycles. The Hall–Kier alpha value is -1.52. The summed E-state index contributed by atoms with van der Waals surface area (Å²) in [4.78, 5) is 39.0. The van der Waals surface area contributed by atoms with E-state index in [1.165, 1.54) is 0 Å². The summed E-state index contributed by atoms with van der Waals surface area (Å²) in [7, 11) is 0. The highest BCUT2D eigenvalue weighted by Gasteiger charge is 2.29. The molecule has 0 radical (unpaired) electrons. The van der Waals surface area contributed by atoms with Crippen LogP contribution < -0.4 is 0 Å². The summed E-state index contributed by atoms with van der Waals surface area (Å²) >= 11 is 15.4. The van der Waals surface area contributed by atoms with Crippen LogP contribution >= 0.6 is 50.5 Å². The minimum Gasteiger partial charge on any atom is -0.481 e. The Labute approximate surface area is 448 Å². The molecule has 4 unspecified atom stereocenters. The van der Waals surface area contributed by atoms with Gasteiger partial charge in [0.2, 0.25) is 0 Å². The van der Waals surface area contributed by atoms with E-state index in [0.717, 1.165) is 0 Å². The van der Waals surface area contributed by atoms with Crippen LogP contribution in [-0.4, -0.2) is 300 Å². The normalized spacial score (nSPS) is 12.5. The van der Waals surface area contributed by atoms with Gasteiger partial charge in [-0.2, -0.15) is 50.5 Å². The van der Waals surface area contributed by atoms with Crippen LogP contribution in [0.3, 0.4) is 0 Å². The lowest BCUT2D eigenvalue weighted by Gasteiger charge is -2.23. The molecule has 73 heavy (non-hydrogen) atoms. The number of hydrogen-bond acceptors (Lipinski definition) is 28. The predicted octanol–water partition coefficient (Wildman–Crippen LogP) is -7.17. The SMILES string of the molecule is CC(S)CC(=O)O.CC(S)CC(=O)O.CC(S)CC(=O)O.CC(S)CC(=O)O.OCC(CO)(CO)CO.OCC(CO)(CO)CO.OCC(CO)(CO)CO.OCC(CO)(CO)CO.OCC(CO)(CO)CO. The molecule has 0 aliphatic heterocycles. The van der Waals surface area contributed by atoms with Crippen molar-refractivity contribution >= 4 is 74.4 Å². The first-order valence-corrected chi connectivity index (χ1v) is 23.6. The van der Waals surface area contributed by atoms with E-state index < -0.39 is 183 Å². The van der Waals surface area contributed by atoms with Gasteiger partial charge in [0.25, 0.3) is 0 Å². The van der Waals surface area contributed by atoms with E-state index in [0.29, 0.717) is 0 Å². The largest absolute Gasteiger partial charge is 0.481 e. The minimum atomic E-state index is -1.11. The quantitative estimate of drug-likeness (QED) is 0.0324. The zero-order chi connectivity index (χ0) is 60.1. The first-order valence-electron chi connectivity index (χ1n) is 21.5. The van der Waals surface area contributed by atoms with Gasteiger partial charge in [0, 0.05) is 21.0 Å². The van der Waals surface area contributed by atoms with Crippen molar-refractivity contribution in [2.75, 3.05) is 132 Å². The highest BCUT2D eigenvalue weighted by Crippen LogP contribution is 2.15. The fourth-order valence-electron chi connectivity index (χ4n) is 2.51. The van der Waals surface area contributed by atoms with Crippen molar-refractivity contribution < 1.29 is 142 Å². The van der Waals surface area contributed by atoms with Crippen molar-refractivity contribution in [3.8, 4) is 0 Å². The summed E-state index contributed by atoms with van der Waals surface area (Å²) in [5.41, 5.74) is -5.56. The summed E-state index contributed by atoms with van der Waals surface area (Å²) in [6, 6.07) is 0. The molecule has 0 saturated carbocycles. The van der Waals surface area contributed by atoms with Crippen molar-refractivity contribution in [3.05, 3.63) is 0 Å². The number of carboxylic acid groups (broad SMARTS) is 4. The Morgan fingerprint density at radius 1 is 0.247 bits per heavy atom. The lowest BCUT2D eigenvalue weighted by molar-refractivity contribution is -0.137. The zero-order valence-corrected chi connectivity index (χ0v) is 45.5. The third kappa shape index (κ3) is 59.6. The molecule has 0 spiro atoms. The Bertz CT molecular complexity index is 920. The molecule has 32 heteroatoms. The summed E-state index contributed by atoms with van der Waals surface area (Å²) in [6.45, 7) is -1.14. The number of carbonyl (C=O) groups is 4. The highest BCUT2D eigenvalue weighted by atomic mass is 32.1. The first kappa shape index (κ1) is 91.0. The molecule has 0 aliphatic rings. The lowest BCUT2D eigenvalue weighted by Crippen LogP contribution is -2.37. The maximum atomic E-state index is 9.76. The average Bonchev–Trinajstić information content (AvgIpc) is 3.34. The van der Waals surface area contributed by atoms with E-state index in [1.807, 2.05) is 0 Å². The van der Waals surface area contributed by atoms with Crippen molar-refractivity contribution in [1.82, 2.24) is 0 Å². The van der Waals surface area contributed by atoms with E-state index in [1.54, 1.807) is 27.7 Å². The number of aliphatic hydroxyl groups excluding tert-OH is 20. The van der Waals surface area contributed by atoms with E-state index >= 15 is 0 Å². The predicted molar refractivity (Wildman–Crippen MR) is 277 cm³/mol. The summed E-state index contributed by atoms with van der Waals surface area (Å²) in [6.07, 6.45) is 0.568. The fourth-order valence-corrected chi connectivity index (χ4v) is 3.14. The topological polar surface area (TPSA) is 554 Å². The third-order valence-electron chi connectivity index (χ3n) is 8.59. The molecule has 0 aliphatic carbocycles. The van der Waals surface area contributed by atoms with Crippen molar-refractivity contribution in [2.24, 2.45) is 27.1 Å². The first-order chi connectivity index (χ1) is 33.7. The van der Waals surface area contributed by atoms with Gasteiger partial charge in [0.15, 0.2) is 0 Å². The molecule has 0 aromatic carbocycles. The molecule has 0 aromatic heterocycles. The maximum Gasteiger partial charge on any atom is 0.304 e. The number of aliphatic carboxylic acids is 4. The van der Waals surface area contributed by atoms with E-state index in [4.69, 9.17) is 123 Å². The summed E-state index contributed by atoms with van der Waals surface area (Å²) in [5, 5.41) is 202. The molecule has 448 valence electrons. The van der Waals surface area contributed by atoms with Gasteiger partial charge in [-0.25, -0.2) is 0 Å². The maximum absolute atomic E-state index is 9.76. The van der Waals surface area contributed by atoms with Crippen LogP contribution in [0.2, 0.25) is 0 Å². The molecular formula is C41H92O28S4. The van der Waals surface area contributed by atoms with Crippen molar-refractivity contribution in [3.63, 3.8) is 0 Å². The Morgan fingerprint density at radius 2 is 0.315 bits per heavy atom. The molecule has 0 fully saturated rings. The van der Waals surface area contributed by atoms with Gasteiger partial charge in [-0.1, -0.05) is 27.7 Å². The molecule has 4 atom stereocenters. The van der Waals surface area contributed by atoms with Crippen LogP contribution in [0.15, 0.2) is 0 Å². The summed E-state index contributed by atoms with van der Waals surface area (Å²) < 4.78 is 0. The second-order valence-corrected chi connectivity index (χ2v) is 20.0. The molecule has 24 N–H and O–H groups in total. The van der Waals surface area contributed by atoms with E-state index in [-0.39, 0.29) is 46.7 Å². The molecule has 28 nitrogen and oxygen atoms in total. The Morgan fingerprint density at radius 3 is 0.315 bits per heavy atom. The Balaban J connectivity index is -0.0000000904. The summed E-state index contributed by atoms with van der Waals surface area (Å²) in [5.74, 6) is -3.16. The standard InChI is InChI=1S/5C5H12O4.4C4H8O2S/c5*6-1-5(2-7,3-8)4-9;4*1-3(7)2-4(5)6/h5*6-9H,1-4H2;4*3,7H,2H2,1H3,(H,5,6). The van der Waals surface area contributed by atoms with Gasteiger partial charge in [-0.05, 0) is 0 Å². The van der Waals surface area contributed by atoms with Crippen LogP contribution in [0.4, 0.5) is 0 Å². The molecule has 0 aromatic rings. The van der Waals surface area contributed by atoms with Crippen LogP contribution in [0.5, 0.6) is 0 Å². The van der Waals surface area contributed by atoms with E-state index in [9.17, 15) is 19.2 Å². The van der Waals surface area contributed by atoms with Gasteiger partial charge < -0.3 is 123 Å². The molecular weight excluding hydrogens is 1070 g/mol. The van der Waals surface area contributed by atoms with Crippen LogP contribution in [-0.2, 0) is 19.2 Å². The zero-order valence-electron chi connectivity index (χ0n) is 41.9. The third-order valence-corrected chi connectivity index (χ3v) is 9.32. The second kappa shape index (κ2) is 58.2. The molecule has 0 bridgehead atoms. The minimum absolute atomic E-state index is 0.0301. The Kier molecular flexibility index (Phi) is 72.5. The molecule has 0 saturated heterocycles. The fraction of sp³-hybridized carbons (Fsp3) is 0.902. The van der Waals surface area contributed by atoms with Crippen molar-refractivity contribution in [2.45, 2.75) is 74.4 Å². The lowest BCUT2D eigenvalue weighted by atomic mass is 9.93.